The van der Waals surface area contributed by atoms with E-state index in [0.29, 0.717) is 35.5 Å². The van der Waals surface area contributed by atoms with Crippen LogP contribution in [0, 0.1) is 10.6 Å². The zero-order valence-electron chi connectivity index (χ0n) is 19.4. The van der Waals surface area contributed by atoms with Crippen LogP contribution in [0.2, 0.25) is 0 Å². The molecule has 0 aliphatic rings. The standard InChI is InChI=1S/C26H26FN5O2S/c1-3-34-22-12-10-19(11-13-22)24-17-30-26(31-21-8-5-9-23(15-21)35(2,28)33)32-25(24)29-16-18-6-4-7-20(27)14-18/h4-15,17,28H,3,16H2,1-2H3,(H2,29,30,31,32). The van der Waals surface area contributed by atoms with Crippen LogP contribution in [0.15, 0.2) is 83.9 Å². The first kappa shape index (κ1) is 24.2. The average molecular weight is 492 g/mol. The second-order valence-electron chi connectivity index (χ2n) is 7.89. The van der Waals surface area contributed by atoms with Crippen molar-refractivity contribution in [2.75, 3.05) is 23.5 Å². The average Bonchev–Trinajstić information content (AvgIpc) is 2.83. The Bertz CT molecular complexity index is 1430. The molecular weight excluding hydrogens is 465 g/mol. The van der Waals surface area contributed by atoms with Crippen molar-refractivity contribution in [2.24, 2.45) is 0 Å². The lowest BCUT2D eigenvalue weighted by molar-refractivity contribution is 0.340. The van der Waals surface area contributed by atoms with Gasteiger partial charge in [0.1, 0.15) is 17.4 Å². The molecule has 3 aromatic carbocycles. The molecule has 1 atom stereocenters. The molecule has 1 aromatic heterocycles. The molecule has 0 amide bonds. The predicted octanol–water partition coefficient (Wildman–Crippen LogP) is 6.07. The number of nitrogens with zero attached hydrogens (tertiary/aromatic N) is 2. The molecule has 4 rings (SSSR count). The fourth-order valence-corrected chi connectivity index (χ4v) is 4.15. The van der Waals surface area contributed by atoms with Crippen LogP contribution in [-0.2, 0) is 16.3 Å². The lowest BCUT2D eigenvalue weighted by Gasteiger charge is -2.14. The van der Waals surface area contributed by atoms with Crippen molar-refractivity contribution in [1.29, 1.82) is 4.78 Å². The van der Waals surface area contributed by atoms with Crippen molar-refractivity contribution in [3.63, 3.8) is 0 Å². The minimum absolute atomic E-state index is 0.303. The summed E-state index contributed by atoms with van der Waals surface area (Å²) in [4.78, 5) is 9.53. The third-order valence-electron chi connectivity index (χ3n) is 5.15. The summed E-state index contributed by atoms with van der Waals surface area (Å²) in [7, 11) is -2.85. The minimum atomic E-state index is -2.85. The normalized spacial score (nSPS) is 12.5. The number of nitrogens with one attached hydrogen (secondary N) is 3. The third-order valence-corrected chi connectivity index (χ3v) is 6.31. The van der Waals surface area contributed by atoms with E-state index in [-0.39, 0.29) is 5.82 Å². The Balaban J connectivity index is 1.66. The van der Waals surface area contributed by atoms with E-state index in [1.165, 1.54) is 18.4 Å². The predicted molar refractivity (Wildman–Crippen MR) is 137 cm³/mol. The van der Waals surface area contributed by atoms with Gasteiger partial charge in [-0.1, -0.05) is 30.3 Å². The first-order chi connectivity index (χ1) is 16.8. The van der Waals surface area contributed by atoms with Crippen LogP contribution in [0.3, 0.4) is 0 Å². The van der Waals surface area contributed by atoms with E-state index in [0.717, 1.165) is 22.4 Å². The molecule has 0 saturated carbocycles. The van der Waals surface area contributed by atoms with Crippen molar-refractivity contribution in [3.05, 3.63) is 90.4 Å². The van der Waals surface area contributed by atoms with Gasteiger partial charge in [-0.2, -0.15) is 4.98 Å². The van der Waals surface area contributed by atoms with Crippen molar-refractivity contribution < 1.29 is 13.3 Å². The number of benzene rings is 3. The van der Waals surface area contributed by atoms with Crippen LogP contribution in [0.5, 0.6) is 5.75 Å². The van der Waals surface area contributed by atoms with E-state index in [1.807, 2.05) is 37.3 Å². The molecule has 180 valence electrons. The van der Waals surface area contributed by atoms with Crippen LogP contribution >= 0.6 is 0 Å². The molecule has 0 fully saturated rings. The van der Waals surface area contributed by atoms with Gasteiger partial charge in [0.05, 0.1) is 16.3 Å². The number of hydrogen-bond acceptors (Lipinski definition) is 7. The molecule has 7 nitrogen and oxygen atoms in total. The molecule has 4 aromatic rings. The summed E-state index contributed by atoms with van der Waals surface area (Å²) in [5.74, 6) is 1.35. The van der Waals surface area contributed by atoms with E-state index in [2.05, 4.69) is 20.6 Å². The lowest BCUT2D eigenvalue weighted by Crippen LogP contribution is -2.07. The highest BCUT2D eigenvalue weighted by atomic mass is 32.2. The second kappa shape index (κ2) is 10.5. The first-order valence-electron chi connectivity index (χ1n) is 11.0. The van der Waals surface area contributed by atoms with Gasteiger partial charge in [-0.3, -0.25) is 0 Å². The minimum Gasteiger partial charge on any atom is -0.494 e. The number of halogens is 1. The molecule has 35 heavy (non-hydrogen) atoms. The Kier molecular flexibility index (Phi) is 7.26. The van der Waals surface area contributed by atoms with Crippen molar-refractivity contribution >= 4 is 27.2 Å². The summed E-state index contributed by atoms with van der Waals surface area (Å²) in [6, 6.07) is 20.8. The molecule has 0 aliphatic heterocycles. The maximum Gasteiger partial charge on any atom is 0.229 e. The van der Waals surface area contributed by atoms with Gasteiger partial charge in [-0.15, -0.1) is 0 Å². The molecule has 1 unspecified atom stereocenters. The molecule has 0 saturated heterocycles. The first-order valence-corrected chi connectivity index (χ1v) is 13.0. The molecule has 9 heteroatoms. The quantitative estimate of drug-likeness (QED) is 0.263. The third kappa shape index (κ3) is 6.33. The molecule has 0 bridgehead atoms. The molecule has 3 N–H and O–H groups in total. The van der Waals surface area contributed by atoms with Crippen molar-refractivity contribution in [1.82, 2.24) is 9.97 Å². The van der Waals surface area contributed by atoms with E-state index < -0.39 is 9.73 Å². The van der Waals surface area contributed by atoms with Crippen molar-refractivity contribution in [2.45, 2.75) is 18.4 Å². The zero-order chi connectivity index (χ0) is 24.8. The Morgan fingerprint density at radius 1 is 1.06 bits per heavy atom. The maximum atomic E-state index is 13.7. The monoisotopic (exact) mass is 491 g/mol. The van der Waals surface area contributed by atoms with Gasteiger partial charge < -0.3 is 15.4 Å². The highest BCUT2D eigenvalue weighted by Crippen LogP contribution is 2.30. The maximum absolute atomic E-state index is 13.7. The molecule has 0 radical (unpaired) electrons. The number of ether oxygens (including phenoxy) is 1. The Labute approximate surface area is 204 Å². The lowest BCUT2D eigenvalue weighted by atomic mass is 10.1. The topological polar surface area (TPSA) is 100.0 Å². The molecular formula is C26H26FN5O2S. The fraction of sp³-hybridized carbons (Fsp3) is 0.154. The zero-order valence-corrected chi connectivity index (χ0v) is 20.2. The Morgan fingerprint density at radius 2 is 1.83 bits per heavy atom. The summed E-state index contributed by atoms with van der Waals surface area (Å²) in [6.07, 6.45) is 3.08. The van der Waals surface area contributed by atoms with E-state index in [4.69, 9.17) is 9.52 Å². The molecule has 0 aliphatic carbocycles. The molecule has 1 heterocycles. The van der Waals surface area contributed by atoms with Crippen LogP contribution < -0.4 is 15.4 Å². The number of rotatable bonds is 9. The van der Waals surface area contributed by atoms with Crippen LogP contribution in [0.25, 0.3) is 11.1 Å². The second-order valence-corrected chi connectivity index (χ2v) is 10.1. The van der Waals surface area contributed by atoms with Gasteiger partial charge >= 0.3 is 0 Å². The van der Waals surface area contributed by atoms with Gasteiger partial charge in [0, 0.05) is 35.1 Å². The largest absolute Gasteiger partial charge is 0.494 e. The SMILES string of the molecule is CCOc1ccc(-c2cnc(Nc3cccc(S(C)(=N)=O)c3)nc2NCc2cccc(F)c2)cc1. The fourth-order valence-electron chi connectivity index (χ4n) is 3.46. The van der Waals surface area contributed by atoms with Gasteiger partial charge in [0.15, 0.2) is 0 Å². The van der Waals surface area contributed by atoms with Crippen LogP contribution in [-0.4, -0.2) is 27.0 Å². The summed E-state index contributed by atoms with van der Waals surface area (Å²) < 4.78 is 39.1. The summed E-state index contributed by atoms with van der Waals surface area (Å²) in [5.41, 5.74) is 3.06. The number of hydrogen-bond donors (Lipinski definition) is 3. The van der Waals surface area contributed by atoms with Crippen molar-refractivity contribution in [3.8, 4) is 16.9 Å². The molecule has 0 spiro atoms. The highest BCUT2D eigenvalue weighted by Gasteiger charge is 2.12. The van der Waals surface area contributed by atoms with Gasteiger partial charge in [-0.05, 0) is 60.5 Å². The Hall–Kier alpha value is -3.98. The van der Waals surface area contributed by atoms with Gasteiger partial charge in [-0.25, -0.2) is 18.4 Å². The Morgan fingerprint density at radius 3 is 2.54 bits per heavy atom. The smallest absolute Gasteiger partial charge is 0.229 e. The van der Waals surface area contributed by atoms with E-state index >= 15 is 0 Å². The van der Waals surface area contributed by atoms with Crippen LogP contribution in [0.4, 0.5) is 21.8 Å². The van der Waals surface area contributed by atoms with Crippen LogP contribution in [0.1, 0.15) is 12.5 Å². The summed E-state index contributed by atoms with van der Waals surface area (Å²) in [6.45, 7) is 2.88. The van der Waals surface area contributed by atoms with Gasteiger partial charge in [0.2, 0.25) is 5.95 Å². The van der Waals surface area contributed by atoms with E-state index in [1.54, 1.807) is 36.5 Å². The van der Waals surface area contributed by atoms with Gasteiger partial charge in [0.25, 0.3) is 0 Å². The summed E-state index contributed by atoms with van der Waals surface area (Å²) in [5, 5.41) is 6.41. The number of aromatic nitrogens is 2. The highest BCUT2D eigenvalue weighted by molar-refractivity contribution is 7.91. The van der Waals surface area contributed by atoms with E-state index in [9.17, 15) is 8.60 Å². The number of anilines is 3. The summed E-state index contributed by atoms with van der Waals surface area (Å²) >= 11 is 0.